The maximum atomic E-state index is 10.7. The summed E-state index contributed by atoms with van der Waals surface area (Å²) >= 11 is 0. The van der Waals surface area contributed by atoms with E-state index in [1.54, 1.807) is 0 Å². The lowest BCUT2D eigenvalue weighted by molar-refractivity contribution is -0.383. The van der Waals surface area contributed by atoms with Crippen molar-refractivity contribution in [1.29, 1.82) is 5.39 Å². The van der Waals surface area contributed by atoms with Gasteiger partial charge in [0.25, 0.3) is 0 Å². The summed E-state index contributed by atoms with van der Waals surface area (Å²) < 4.78 is 0. The van der Waals surface area contributed by atoms with Crippen molar-refractivity contribution in [1.82, 2.24) is 0 Å². The number of nitrogens with zero attached hydrogens (tertiary/aromatic N) is 3. The molecule has 0 fully saturated rings. The molecule has 0 aliphatic heterocycles. The fourth-order valence-electron chi connectivity index (χ4n) is 1.04. The monoisotopic (exact) mass is 242 g/mol. The van der Waals surface area contributed by atoms with Crippen LogP contribution in [0, 0.1) is 15.5 Å². The Labute approximate surface area is 96.6 Å². The van der Waals surface area contributed by atoms with Crippen LogP contribution >= 0.6 is 0 Å². The Morgan fingerprint density at radius 3 is 2.62 bits per heavy atom. The van der Waals surface area contributed by atoms with Crippen molar-refractivity contribution in [3.8, 4) is 0 Å². The second-order valence-corrected chi connectivity index (χ2v) is 2.74. The first-order valence-electron chi connectivity index (χ1n) is 3.95. The number of halogens is 1. The Morgan fingerprint density at radius 2 is 2.19 bits per heavy atom. The van der Waals surface area contributed by atoms with Gasteiger partial charge < -0.3 is 17.7 Å². The SMILES string of the molecule is CC(=O)Nc1ccc([N+]#N)c([N+](=O)[O-])c1.[Cl-]. The van der Waals surface area contributed by atoms with Crippen LogP contribution in [-0.4, -0.2) is 10.8 Å². The minimum atomic E-state index is -0.694. The number of rotatable bonds is 2. The second kappa shape index (κ2) is 5.63. The first-order chi connectivity index (χ1) is 7.04. The number of diazo groups is 1. The van der Waals surface area contributed by atoms with E-state index in [1.807, 2.05) is 0 Å². The highest BCUT2D eigenvalue weighted by atomic mass is 35.5. The van der Waals surface area contributed by atoms with Crippen molar-refractivity contribution < 1.29 is 22.1 Å². The van der Waals surface area contributed by atoms with E-state index in [4.69, 9.17) is 5.39 Å². The number of nitro benzene ring substituents is 1. The maximum absolute atomic E-state index is 10.7. The van der Waals surface area contributed by atoms with Crippen LogP contribution in [0.25, 0.3) is 4.98 Å². The van der Waals surface area contributed by atoms with Gasteiger partial charge in [0, 0.05) is 24.7 Å². The molecule has 16 heavy (non-hydrogen) atoms. The first-order valence-corrected chi connectivity index (χ1v) is 3.95. The number of carbonyl (C=O) groups excluding carboxylic acids is 1. The Bertz CT molecular complexity index is 469. The van der Waals surface area contributed by atoms with Crippen LogP contribution in [0.1, 0.15) is 6.92 Å². The molecule has 1 amide bonds. The van der Waals surface area contributed by atoms with Crippen molar-refractivity contribution in [2.45, 2.75) is 6.92 Å². The molecule has 0 bridgehead atoms. The molecule has 84 valence electrons. The summed E-state index contributed by atoms with van der Waals surface area (Å²) in [6.45, 7) is 1.29. The summed E-state index contributed by atoms with van der Waals surface area (Å²) in [5.74, 6) is -0.335. The minimum Gasteiger partial charge on any atom is -1.00 e. The first kappa shape index (κ1) is 13.8. The van der Waals surface area contributed by atoms with Crippen molar-refractivity contribution in [3.05, 3.63) is 33.3 Å². The molecule has 1 N–H and O–H groups in total. The predicted octanol–water partition coefficient (Wildman–Crippen LogP) is -0.958. The van der Waals surface area contributed by atoms with E-state index in [0.29, 0.717) is 0 Å². The highest BCUT2D eigenvalue weighted by Gasteiger charge is 2.24. The summed E-state index contributed by atoms with van der Waals surface area (Å²) in [6, 6.07) is 3.77. The average Bonchev–Trinajstić information content (AvgIpc) is 2.16. The third-order valence-corrected chi connectivity index (χ3v) is 1.60. The summed E-state index contributed by atoms with van der Waals surface area (Å²) in [4.78, 5) is 23.3. The van der Waals surface area contributed by atoms with Crippen molar-refractivity contribution >= 4 is 23.0 Å². The zero-order valence-corrected chi connectivity index (χ0v) is 8.93. The van der Waals surface area contributed by atoms with E-state index in [1.165, 1.54) is 19.1 Å². The molecular formula is C8H7ClN4O3. The minimum absolute atomic E-state index is 0. The number of nitro groups is 1. The lowest BCUT2D eigenvalue weighted by atomic mass is 10.2. The van der Waals surface area contributed by atoms with Gasteiger partial charge >= 0.3 is 11.4 Å². The third-order valence-electron chi connectivity index (χ3n) is 1.60. The van der Waals surface area contributed by atoms with Crippen molar-refractivity contribution in [2.24, 2.45) is 0 Å². The molecule has 0 heterocycles. The number of carbonyl (C=O) groups is 1. The molecule has 1 rings (SSSR count). The quantitative estimate of drug-likeness (QED) is 0.410. The van der Waals surface area contributed by atoms with Gasteiger partial charge in [-0.15, -0.1) is 0 Å². The van der Waals surface area contributed by atoms with Gasteiger partial charge in [-0.05, 0) is 6.07 Å². The molecule has 0 saturated heterocycles. The summed E-state index contributed by atoms with van der Waals surface area (Å²) in [7, 11) is 0. The molecule has 8 heteroatoms. The van der Waals surface area contributed by atoms with E-state index in [-0.39, 0.29) is 35.4 Å². The van der Waals surface area contributed by atoms with E-state index in [2.05, 4.69) is 10.3 Å². The molecule has 0 saturated carbocycles. The van der Waals surface area contributed by atoms with E-state index < -0.39 is 4.92 Å². The normalized spacial score (nSPS) is 8.50. The van der Waals surface area contributed by atoms with E-state index >= 15 is 0 Å². The van der Waals surface area contributed by atoms with Crippen LogP contribution in [0.4, 0.5) is 17.1 Å². The fraction of sp³-hybridized carbons (Fsp3) is 0.125. The lowest BCUT2D eigenvalue weighted by Crippen LogP contribution is -3.00. The standard InChI is InChI=1S/C8H6N4O3.ClH/c1-5(13)10-6-2-3-7(11-9)8(4-6)12(14)15;/h2-4H,1H3;1H. The van der Waals surface area contributed by atoms with Crippen LogP contribution in [0.5, 0.6) is 0 Å². The average molecular weight is 243 g/mol. The predicted molar refractivity (Wildman–Crippen MR) is 52.1 cm³/mol. The summed E-state index contributed by atoms with van der Waals surface area (Å²) in [6.07, 6.45) is 0. The van der Waals surface area contributed by atoms with Gasteiger partial charge in [0.15, 0.2) is 4.98 Å². The molecule has 0 radical (unpaired) electrons. The topological polar surface area (TPSA) is 100 Å². The summed E-state index contributed by atoms with van der Waals surface area (Å²) in [5.41, 5.74) is -0.251. The van der Waals surface area contributed by atoms with Crippen molar-refractivity contribution in [3.63, 3.8) is 0 Å². The van der Waals surface area contributed by atoms with E-state index in [0.717, 1.165) is 6.07 Å². The zero-order valence-electron chi connectivity index (χ0n) is 8.18. The molecule has 7 nitrogen and oxygen atoms in total. The number of amides is 1. The molecule has 1 aromatic rings. The molecule has 0 aliphatic rings. The van der Waals surface area contributed by atoms with Crippen LogP contribution < -0.4 is 17.7 Å². The Balaban J connectivity index is 0.00000225. The van der Waals surface area contributed by atoms with Gasteiger partial charge in [-0.3, -0.25) is 14.9 Å². The number of benzene rings is 1. The lowest BCUT2D eigenvalue weighted by Gasteiger charge is -1.98. The Morgan fingerprint density at radius 1 is 1.56 bits per heavy atom. The summed E-state index contributed by atoms with van der Waals surface area (Å²) in [5, 5.41) is 21.4. The van der Waals surface area contributed by atoms with Crippen LogP contribution in [0.2, 0.25) is 0 Å². The van der Waals surface area contributed by atoms with Gasteiger partial charge in [-0.1, -0.05) is 0 Å². The smallest absolute Gasteiger partial charge is 0.461 e. The van der Waals surface area contributed by atoms with Crippen LogP contribution in [0.3, 0.4) is 0 Å². The maximum Gasteiger partial charge on any atom is 0.461 e. The van der Waals surface area contributed by atoms with Gasteiger partial charge in [-0.25, -0.2) is 0 Å². The third kappa shape index (κ3) is 3.18. The molecule has 0 aliphatic carbocycles. The molecule has 0 aromatic heterocycles. The van der Waals surface area contributed by atoms with Gasteiger partial charge in [0.1, 0.15) is 0 Å². The molecule has 0 spiro atoms. The van der Waals surface area contributed by atoms with Gasteiger partial charge in [-0.2, -0.15) is 0 Å². The number of anilines is 1. The highest BCUT2D eigenvalue weighted by molar-refractivity contribution is 5.89. The number of hydrogen-bond donors (Lipinski definition) is 1. The molecular weight excluding hydrogens is 236 g/mol. The fourth-order valence-corrected chi connectivity index (χ4v) is 1.04. The largest absolute Gasteiger partial charge is 1.00 e. The van der Waals surface area contributed by atoms with E-state index in [9.17, 15) is 14.9 Å². The Kier molecular flexibility index (Phi) is 4.85. The molecule has 1 aromatic carbocycles. The molecule has 0 unspecified atom stereocenters. The van der Waals surface area contributed by atoms with Crippen molar-refractivity contribution in [2.75, 3.05) is 5.32 Å². The second-order valence-electron chi connectivity index (χ2n) is 2.74. The number of hydrogen-bond acceptors (Lipinski definition) is 4. The Hall–Kier alpha value is -2.20. The number of nitrogens with one attached hydrogen (secondary N) is 1. The highest BCUT2D eigenvalue weighted by Crippen LogP contribution is 2.30. The molecule has 0 atom stereocenters. The van der Waals surface area contributed by atoms with Gasteiger partial charge in [0.2, 0.25) is 11.3 Å². The zero-order chi connectivity index (χ0) is 11.4. The van der Waals surface area contributed by atoms with Gasteiger partial charge in [0.05, 0.1) is 4.92 Å². The van der Waals surface area contributed by atoms with Crippen LogP contribution in [-0.2, 0) is 4.79 Å². The van der Waals surface area contributed by atoms with Crippen LogP contribution in [0.15, 0.2) is 18.2 Å².